The lowest BCUT2D eigenvalue weighted by atomic mass is 10.2. The Bertz CT molecular complexity index is 802. The monoisotopic (exact) mass is 361 g/mol. The molecule has 25 heavy (non-hydrogen) atoms. The molecule has 0 spiro atoms. The van der Waals surface area contributed by atoms with Crippen LogP contribution in [-0.2, 0) is 16.1 Å². The SMILES string of the molecule is CN(C)C(=O)CCC(=O)Nc1cc2n(n1)CCN2c1cccc(Cl)c1. The predicted octanol–water partition coefficient (Wildman–Crippen LogP) is 2.50. The van der Waals surface area contributed by atoms with Crippen LogP contribution in [0.15, 0.2) is 30.3 Å². The molecule has 1 aliphatic rings. The summed E-state index contributed by atoms with van der Waals surface area (Å²) >= 11 is 6.07. The normalized spacial score (nSPS) is 12.8. The molecule has 1 N–H and O–H groups in total. The maximum absolute atomic E-state index is 12.0. The highest BCUT2D eigenvalue weighted by atomic mass is 35.5. The van der Waals surface area contributed by atoms with Crippen LogP contribution in [0.2, 0.25) is 5.02 Å². The second kappa shape index (κ2) is 7.14. The van der Waals surface area contributed by atoms with E-state index in [9.17, 15) is 9.59 Å². The molecule has 0 atom stereocenters. The van der Waals surface area contributed by atoms with Crippen LogP contribution in [0.1, 0.15) is 12.8 Å². The van der Waals surface area contributed by atoms with Gasteiger partial charge in [-0.1, -0.05) is 17.7 Å². The Morgan fingerprint density at radius 2 is 2.04 bits per heavy atom. The number of hydrogen-bond donors (Lipinski definition) is 1. The van der Waals surface area contributed by atoms with Crippen LogP contribution in [0.5, 0.6) is 0 Å². The Morgan fingerprint density at radius 1 is 1.24 bits per heavy atom. The summed E-state index contributed by atoms with van der Waals surface area (Å²) in [5.74, 6) is 1.10. The number of fused-ring (bicyclic) bond motifs is 1. The van der Waals surface area contributed by atoms with Crippen molar-refractivity contribution in [1.82, 2.24) is 14.7 Å². The van der Waals surface area contributed by atoms with Crippen molar-refractivity contribution < 1.29 is 9.59 Å². The summed E-state index contributed by atoms with van der Waals surface area (Å²) in [5.41, 5.74) is 0.987. The van der Waals surface area contributed by atoms with Gasteiger partial charge in [-0.2, -0.15) is 5.10 Å². The van der Waals surface area contributed by atoms with E-state index in [4.69, 9.17) is 11.6 Å². The number of anilines is 3. The maximum Gasteiger partial charge on any atom is 0.226 e. The van der Waals surface area contributed by atoms with Crippen molar-refractivity contribution >= 4 is 40.7 Å². The molecule has 2 aromatic rings. The molecule has 0 saturated carbocycles. The number of carbonyl (C=O) groups is 2. The van der Waals surface area contributed by atoms with Crippen LogP contribution >= 0.6 is 11.6 Å². The Labute approximate surface area is 151 Å². The fourth-order valence-corrected chi connectivity index (χ4v) is 2.90. The lowest BCUT2D eigenvalue weighted by molar-refractivity contribution is -0.130. The first kappa shape index (κ1) is 17.3. The highest BCUT2D eigenvalue weighted by Gasteiger charge is 2.23. The van der Waals surface area contributed by atoms with Gasteiger partial charge in [0.05, 0.1) is 6.54 Å². The van der Waals surface area contributed by atoms with Gasteiger partial charge in [-0.05, 0) is 18.2 Å². The molecular formula is C17H20ClN5O2. The first-order chi connectivity index (χ1) is 11.9. The second-order valence-electron chi connectivity index (χ2n) is 6.08. The van der Waals surface area contributed by atoms with Gasteiger partial charge in [-0.3, -0.25) is 9.59 Å². The van der Waals surface area contributed by atoms with E-state index in [-0.39, 0.29) is 24.7 Å². The molecule has 2 amide bonds. The van der Waals surface area contributed by atoms with Crippen LogP contribution in [-0.4, -0.2) is 47.1 Å². The van der Waals surface area contributed by atoms with Crippen molar-refractivity contribution in [2.24, 2.45) is 0 Å². The fourth-order valence-electron chi connectivity index (χ4n) is 2.71. The first-order valence-corrected chi connectivity index (χ1v) is 8.43. The molecule has 0 saturated heterocycles. The number of benzene rings is 1. The van der Waals surface area contributed by atoms with Crippen molar-refractivity contribution in [3.8, 4) is 0 Å². The third-order valence-electron chi connectivity index (χ3n) is 4.02. The molecule has 8 heteroatoms. The number of aromatic nitrogens is 2. The van der Waals surface area contributed by atoms with Gasteiger partial charge in [-0.15, -0.1) is 0 Å². The van der Waals surface area contributed by atoms with E-state index in [2.05, 4.69) is 15.3 Å². The van der Waals surface area contributed by atoms with Crippen LogP contribution in [0.3, 0.4) is 0 Å². The van der Waals surface area contributed by atoms with Gasteiger partial charge < -0.3 is 15.1 Å². The van der Waals surface area contributed by atoms with E-state index in [1.807, 2.05) is 35.0 Å². The van der Waals surface area contributed by atoms with Gasteiger partial charge in [0.1, 0.15) is 5.82 Å². The summed E-state index contributed by atoms with van der Waals surface area (Å²) in [6.45, 7) is 1.53. The molecule has 0 aliphatic carbocycles. The maximum atomic E-state index is 12.0. The second-order valence-corrected chi connectivity index (χ2v) is 6.52. The van der Waals surface area contributed by atoms with Gasteiger partial charge >= 0.3 is 0 Å². The molecule has 0 radical (unpaired) electrons. The zero-order chi connectivity index (χ0) is 18.0. The standard InChI is InChI=1S/C17H20ClN5O2/c1-21(2)17(25)7-6-15(24)19-14-11-16-22(8-9-23(16)20-14)13-5-3-4-12(18)10-13/h3-5,10-11H,6-9H2,1-2H3,(H,19,20,24). The molecule has 0 fully saturated rings. The Balaban J connectivity index is 1.66. The van der Waals surface area contributed by atoms with Crippen molar-refractivity contribution in [3.63, 3.8) is 0 Å². The smallest absolute Gasteiger partial charge is 0.226 e. The number of rotatable bonds is 5. The molecule has 1 aliphatic heterocycles. The summed E-state index contributed by atoms with van der Waals surface area (Å²) in [6.07, 6.45) is 0.318. The van der Waals surface area contributed by atoms with Gasteiger partial charge in [-0.25, -0.2) is 4.68 Å². The molecule has 1 aromatic heterocycles. The summed E-state index contributed by atoms with van der Waals surface area (Å²) in [5, 5.41) is 7.84. The van der Waals surface area contributed by atoms with E-state index in [1.54, 1.807) is 14.1 Å². The van der Waals surface area contributed by atoms with Crippen molar-refractivity contribution in [2.75, 3.05) is 30.9 Å². The zero-order valence-electron chi connectivity index (χ0n) is 14.2. The Kier molecular flexibility index (Phi) is 4.94. The number of halogens is 1. The lowest BCUT2D eigenvalue weighted by Crippen LogP contribution is -2.23. The molecule has 0 unspecified atom stereocenters. The minimum absolute atomic E-state index is 0.0744. The summed E-state index contributed by atoms with van der Waals surface area (Å²) in [7, 11) is 3.34. The summed E-state index contributed by atoms with van der Waals surface area (Å²) in [6, 6.07) is 9.45. The average Bonchev–Trinajstić information content (AvgIpc) is 3.12. The van der Waals surface area contributed by atoms with Crippen molar-refractivity contribution in [2.45, 2.75) is 19.4 Å². The van der Waals surface area contributed by atoms with Crippen LogP contribution in [0.4, 0.5) is 17.3 Å². The Morgan fingerprint density at radius 3 is 2.76 bits per heavy atom. The number of nitrogens with zero attached hydrogens (tertiary/aromatic N) is 4. The minimum Gasteiger partial charge on any atom is -0.349 e. The predicted molar refractivity (Wildman–Crippen MR) is 97.2 cm³/mol. The molecule has 1 aromatic carbocycles. The first-order valence-electron chi connectivity index (χ1n) is 8.05. The highest BCUT2D eigenvalue weighted by molar-refractivity contribution is 6.30. The van der Waals surface area contributed by atoms with Gasteiger partial charge in [0.2, 0.25) is 11.8 Å². The molecule has 0 bridgehead atoms. The number of carbonyl (C=O) groups excluding carboxylic acids is 2. The topological polar surface area (TPSA) is 70.5 Å². The quantitative estimate of drug-likeness (QED) is 0.888. The van der Waals surface area contributed by atoms with Gasteiger partial charge in [0.15, 0.2) is 5.82 Å². The number of nitrogens with one attached hydrogen (secondary N) is 1. The third kappa shape index (κ3) is 3.93. The van der Waals surface area contributed by atoms with Crippen molar-refractivity contribution in [1.29, 1.82) is 0 Å². The lowest BCUT2D eigenvalue weighted by Gasteiger charge is -2.17. The fraction of sp³-hybridized carbons (Fsp3) is 0.353. The van der Waals surface area contributed by atoms with Crippen LogP contribution in [0.25, 0.3) is 0 Å². The zero-order valence-corrected chi connectivity index (χ0v) is 15.0. The van der Waals surface area contributed by atoms with E-state index >= 15 is 0 Å². The number of amides is 2. The summed E-state index contributed by atoms with van der Waals surface area (Å²) in [4.78, 5) is 27.1. The molecule has 7 nitrogen and oxygen atoms in total. The average molecular weight is 362 g/mol. The molecule has 3 rings (SSSR count). The Hall–Kier alpha value is -2.54. The summed E-state index contributed by atoms with van der Waals surface area (Å²) < 4.78 is 1.85. The van der Waals surface area contributed by atoms with Gasteiger partial charge in [0, 0.05) is 50.3 Å². The number of hydrogen-bond acceptors (Lipinski definition) is 4. The largest absolute Gasteiger partial charge is 0.349 e. The third-order valence-corrected chi connectivity index (χ3v) is 4.26. The molecule has 132 valence electrons. The molecular weight excluding hydrogens is 342 g/mol. The van der Waals surface area contributed by atoms with Gasteiger partial charge in [0.25, 0.3) is 0 Å². The van der Waals surface area contributed by atoms with E-state index < -0.39 is 0 Å². The van der Waals surface area contributed by atoms with Crippen molar-refractivity contribution in [3.05, 3.63) is 35.4 Å². The van der Waals surface area contributed by atoms with E-state index in [0.29, 0.717) is 10.8 Å². The highest BCUT2D eigenvalue weighted by Crippen LogP contribution is 2.32. The van der Waals surface area contributed by atoms with Crippen LogP contribution in [0, 0.1) is 0 Å². The van der Waals surface area contributed by atoms with Crippen LogP contribution < -0.4 is 10.2 Å². The van der Waals surface area contributed by atoms with E-state index in [0.717, 1.165) is 24.6 Å². The minimum atomic E-state index is -0.221. The van der Waals surface area contributed by atoms with E-state index in [1.165, 1.54) is 4.90 Å². The molecule has 2 heterocycles.